The van der Waals surface area contributed by atoms with Crippen LogP contribution in [0.15, 0.2) is 12.4 Å². The molecule has 1 aliphatic heterocycles. The summed E-state index contributed by atoms with van der Waals surface area (Å²) < 4.78 is 7.46. The van der Waals surface area contributed by atoms with Gasteiger partial charge in [0.15, 0.2) is 0 Å². The zero-order valence-corrected chi connectivity index (χ0v) is 9.64. The molecular weight excluding hydrogens is 204 g/mol. The first-order chi connectivity index (χ1) is 7.88. The molecule has 4 nitrogen and oxygen atoms in total. The standard InChI is InChI=1S/C12H20N2O2/c15-5-1-3-11-7-13-14(8-11)9-12-4-2-6-16-10-12/h7-8,12,15H,1-6,9-10H2/t12-/m0/s1. The Labute approximate surface area is 96.2 Å². The maximum Gasteiger partial charge on any atom is 0.0521 e. The summed E-state index contributed by atoms with van der Waals surface area (Å²) in [6, 6.07) is 0. The second kappa shape index (κ2) is 6.01. The van der Waals surface area contributed by atoms with Gasteiger partial charge in [0.05, 0.1) is 12.8 Å². The summed E-state index contributed by atoms with van der Waals surface area (Å²) in [6.07, 6.45) is 8.13. The summed E-state index contributed by atoms with van der Waals surface area (Å²) in [4.78, 5) is 0. The van der Waals surface area contributed by atoms with Gasteiger partial charge in [-0.05, 0) is 31.2 Å². The average Bonchev–Trinajstić information content (AvgIpc) is 2.75. The van der Waals surface area contributed by atoms with Gasteiger partial charge in [-0.3, -0.25) is 4.68 Å². The zero-order valence-electron chi connectivity index (χ0n) is 9.64. The van der Waals surface area contributed by atoms with Crippen molar-refractivity contribution in [2.24, 2.45) is 5.92 Å². The van der Waals surface area contributed by atoms with Gasteiger partial charge in [-0.2, -0.15) is 5.10 Å². The molecule has 16 heavy (non-hydrogen) atoms. The van der Waals surface area contributed by atoms with Gasteiger partial charge in [-0.1, -0.05) is 0 Å². The molecule has 2 rings (SSSR count). The van der Waals surface area contributed by atoms with Crippen LogP contribution in [-0.2, 0) is 17.7 Å². The average molecular weight is 224 g/mol. The number of hydrogen-bond acceptors (Lipinski definition) is 3. The molecule has 1 saturated heterocycles. The first kappa shape index (κ1) is 11.6. The quantitative estimate of drug-likeness (QED) is 0.818. The number of aliphatic hydroxyl groups excluding tert-OH is 1. The molecule has 0 amide bonds. The van der Waals surface area contributed by atoms with E-state index >= 15 is 0 Å². The Morgan fingerprint density at radius 1 is 1.56 bits per heavy atom. The molecule has 4 heteroatoms. The van der Waals surface area contributed by atoms with Crippen molar-refractivity contribution in [3.8, 4) is 0 Å². The fraction of sp³-hybridized carbons (Fsp3) is 0.750. The Morgan fingerprint density at radius 3 is 3.25 bits per heavy atom. The van der Waals surface area contributed by atoms with Gasteiger partial charge >= 0.3 is 0 Å². The van der Waals surface area contributed by atoms with E-state index in [1.807, 2.05) is 10.9 Å². The molecule has 1 aromatic rings. The van der Waals surface area contributed by atoms with Crippen molar-refractivity contribution in [2.75, 3.05) is 19.8 Å². The Morgan fingerprint density at radius 2 is 2.50 bits per heavy atom. The minimum atomic E-state index is 0.252. The van der Waals surface area contributed by atoms with Crippen LogP contribution in [0.1, 0.15) is 24.8 Å². The molecular formula is C12H20N2O2. The molecule has 2 heterocycles. The molecule has 1 atom stereocenters. The highest BCUT2D eigenvalue weighted by Gasteiger charge is 2.14. The lowest BCUT2D eigenvalue weighted by Crippen LogP contribution is -2.22. The van der Waals surface area contributed by atoms with Crippen LogP contribution in [0, 0.1) is 5.92 Å². The van der Waals surface area contributed by atoms with Crippen LogP contribution in [0.3, 0.4) is 0 Å². The number of aryl methyl sites for hydroxylation is 1. The van der Waals surface area contributed by atoms with E-state index in [2.05, 4.69) is 11.3 Å². The van der Waals surface area contributed by atoms with Crippen LogP contribution in [0.25, 0.3) is 0 Å². The number of hydrogen-bond donors (Lipinski definition) is 1. The number of aliphatic hydroxyl groups is 1. The van der Waals surface area contributed by atoms with E-state index in [1.54, 1.807) is 0 Å². The monoisotopic (exact) mass is 224 g/mol. The fourth-order valence-corrected chi connectivity index (χ4v) is 2.13. The predicted octanol–water partition coefficient (Wildman–Crippen LogP) is 1.23. The first-order valence-electron chi connectivity index (χ1n) is 6.08. The van der Waals surface area contributed by atoms with Gasteiger partial charge < -0.3 is 9.84 Å². The molecule has 90 valence electrons. The van der Waals surface area contributed by atoms with E-state index < -0.39 is 0 Å². The van der Waals surface area contributed by atoms with Crippen LogP contribution in [0.5, 0.6) is 0 Å². The number of rotatable bonds is 5. The minimum Gasteiger partial charge on any atom is -0.396 e. The van der Waals surface area contributed by atoms with Crippen molar-refractivity contribution in [1.82, 2.24) is 9.78 Å². The summed E-state index contributed by atoms with van der Waals surface area (Å²) in [6.45, 7) is 2.99. The van der Waals surface area contributed by atoms with E-state index in [0.29, 0.717) is 5.92 Å². The first-order valence-corrected chi connectivity index (χ1v) is 6.08. The van der Waals surface area contributed by atoms with Crippen LogP contribution < -0.4 is 0 Å². The Bertz CT molecular complexity index is 306. The molecule has 0 radical (unpaired) electrons. The van der Waals surface area contributed by atoms with Crippen molar-refractivity contribution in [3.63, 3.8) is 0 Å². The number of aromatic nitrogens is 2. The number of ether oxygens (including phenoxy) is 1. The predicted molar refractivity (Wildman–Crippen MR) is 61.2 cm³/mol. The third-order valence-corrected chi connectivity index (χ3v) is 3.01. The number of nitrogens with zero attached hydrogens (tertiary/aromatic N) is 2. The van der Waals surface area contributed by atoms with Crippen molar-refractivity contribution in [1.29, 1.82) is 0 Å². The fourth-order valence-electron chi connectivity index (χ4n) is 2.13. The second-order valence-corrected chi connectivity index (χ2v) is 4.48. The third kappa shape index (κ3) is 3.32. The maximum absolute atomic E-state index is 8.75. The molecule has 0 bridgehead atoms. The Balaban J connectivity index is 1.81. The molecule has 0 aliphatic carbocycles. The van der Waals surface area contributed by atoms with E-state index in [4.69, 9.17) is 9.84 Å². The van der Waals surface area contributed by atoms with Gasteiger partial charge in [0.1, 0.15) is 0 Å². The highest BCUT2D eigenvalue weighted by atomic mass is 16.5. The topological polar surface area (TPSA) is 47.3 Å². The molecule has 1 aliphatic rings. The molecule has 0 unspecified atom stereocenters. The third-order valence-electron chi connectivity index (χ3n) is 3.01. The van der Waals surface area contributed by atoms with Crippen molar-refractivity contribution in [3.05, 3.63) is 18.0 Å². The minimum absolute atomic E-state index is 0.252. The smallest absolute Gasteiger partial charge is 0.0521 e. The van der Waals surface area contributed by atoms with Crippen LogP contribution in [0.2, 0.25) is 0 Å². The largest absolute Gasteiger partial charge is 0.396 e. The summed E-state index contributed by atoms with van der Waals surface area (Å²) >= 11 is 0. The van der Waals surface area contributed by atoms with Crippen LogP contribution in [0.4, 0.5) is 0 Å². The van der Waals surface area contributed by atoms with Gasteiger partial charge in [0.25, 0.3) is 0 Å². The van der Waals surface area contributed by atoms with Crippen molar-refractivity contribution < 1.29 is 9.84 Å². The molecule has 0 aromatic carbocycles. The van der Waals surface area contributed by atoms with Gasteiger partial charge in [-0.15, -0.1) is 0 Å². The highest BCUT2D eigenvalue weighted by molar-refractivity contribution is 5.03. The molecule has 1 N–H and O–H groups in total. The lowest BCUT2D eigenvalue weighted by molar-refractivity contribution is 0.0470. The molecule has 0 spiro atoms. The zero-order chi connectivity index (χ0) is 11.2. The van der Waals surface area contributed by atoms with E-state index in [-0.39, 0.29) is 6.61 Å². The lowest BCUT2D eigenvalue weighted by atomic mass is 10.0. The SMILES string of the molecule is OCCCc1cnn(C[C@@H]2CCCOC2)c1. The highest BCUT2D eigenvalue weighted by Crippen LogP contribution is 2.15. The summed E-state index contributed by atoms with van der Waals surface area (Å²) in [5.74, 6) is 0.611. The normalized spacial score (nSPS) is 21.2. The lowest BCUT2D eigenvalue weighted by Gasteiger charge is -2.21. The Kier molecular flexibility index (Phi) is 4.36. The van der Waals surface area contributed by atoms with Crippen LogP contribution in [-0.4, -0.2) is 34.7 Å². The van der Waals surface area contributed by atoms with Gasteiger partial charge in [0, 0.05) is 31.9 Å². The summed E-state index contributed by atoms with van der Waals surface area (Å²) in [7, 11) is 0. The molecule has 0 saturated carbocycles. The van der Waals surface area contributed by atoms with Crippen LogP contribution >= 0.6 is 0 Å². The van der Waals surface area contributed by atoms with Gasteiger partial charge in [-0.25, -0.2) is 0 Å². The van der Waals surface area contributed by atoms with Crippen molar-refractivity contribution in [2.45, 2.75) is 32.2 Å². The molecule has 1 aromatic heterocycles. The van der Waals surface area contributed by atoms with E-state index in [0.717, 1.165) is 32.6 Å². The Hall–Kier alpha value is -0.870. The van der Waals surface area contributed by atoms with Crippen molar-refractivity contribution >= 4 is 0 Å². The maximum atomic E-state index is 8.75. The summed E-state index contributed by atoms with van der Waals surface area (Å²) in [5, 5.41) is 13.1. The summed E-state index contributed by atoms with van der Waals surface area (Å²) in [5.41, 5.74) is 1.21. The van der Waals surface area contributed by atoms with E-state index in [9.17, 15) is 0 Å². The molecule has 1 fully saturated rings. The van der Waals surface area contributed by atoms with E-state index in [1.165, 1.54) is 18.4 Å². The van der Waals surface area contributed by atoms with Gasteiger partial charge in [0.2, 0.25) is 0 Å². The second-order valence-electron chi connectivity index (χ2n) is 4.48.